The molecule has 2 heteroatoms. The van der Waals surface area contributed by atoms with Crippen LogP contribution in [0.25, 0.3) is 0 Å². The summed E-state index contributed by atoms with van der Waals surface area (Å²) in [7, 11) is 0. The van der Waals surface area contributed by atoms with Gasteiger partial charge in [-0.25, -0.2) is 0 Å². The van der Waals surface area contributed by atoms with Crippen LogP contribution in [0.1, 0.15) is 38.5 Å². The van der Waals surface area contributed by atoms with Gasteiger partial charge in [0.25, 0.3) is 0 Å². The molecular formula is C8H12N2. The summed E-state index contributed by atoms with van der Waals surface area (Å²) >= 11 is 0. The Morgan fingerprint density at radius 3 is 2.20 bits per heavy atom. The van der Waals surface area contributed by atoms with Gasteiger partial charge >= 0.3 is 0 Å². The number of nitriles is 1. The largest absolute Gasteiger partial charge is 0.205 e. The fraction of sp³-hybridized carbons (Fsp3) is 0.750. The standard InChI is InChI=1S/C8H12N2/c9-7-10-8-5-3-1-2-4-6-8/h1-6H2. The summed E-state index contributed by atoms with van der Waals surface area (Å²) in [5, 5.41) is 8.27. The van der Waals surface area contributed by atoms with E-state index in [-0.39, 0.29) is 0 Å². The predicted molar refractivity (Wildman–Crippen MR) is 40.8 cm³/mol. The smallest absolute Gasteiger partial charge is 0.183 e. The third-order valence-corrected chi connectivity index (χ3v) is 1.89. The van der Waals surface area contributed by atoms with Gasteiger partial charge in [0.05, 0.1) is 0 Å². The Morgan fingerprint density at radius 1 is 1.10 bits per heavy atom. The van der Waals surface area contributed by atoms with Crippen LogP contribution in [0, 0.1) is 11.5 Å². The Morgan fingerprint density at radius 2 is 1.70 bits per heavy atom. The Labute approximate surface area is 61.6 Å². The number of aliphatic imine (C=N–C) groups is 1. The molecule has 0 unspecified atom stereocenters. The maximum Gasteiger partial charge on any atom is 0.205 e. The first-order chi connectivity index (χ1) is 4.93. The number of nitrogens with zero attached hydrogens (tertiary/aromatic N) is 2. The second-order valence-electron chi connectivity index (χ2n) is 2.69. The summed E-state index contributed by atoms with van der Waals surface area (Å²) < 4.78 is 0. The molecule has 0 radical (unpaired) electrons. The van der Waals surface area contributed by atoms with Crippen molar-refractivity contribution in [2.24, 2.45) is 4.99 Å². The van der Waals surface area contributed by atoms with Crippen LogP contribution in [0.2, 0.25) is 0 Å². The van der Waals surface area contributed by atoms with Crippen molar-refractivity contribution in [3.8, 4) is 6.19 Å². The van der Waals surface area contributed by atoms with Crippen LogP contribution in [-0.2, 0) is 0 Å². The van der Waals surface area contributed by atoms with Crippen molar-refractivity contribution in [3.63, 3.8) is 0 Å². The van der Waals surface area contributed by atoms with E-state index in [2.05, 4.69) is 4.99 Å². The second-order valence-corrected chi connectivity index (χ2v) is 2.69. The highest BCUT2D eigenvalue weighted by molar-refractivity contribution is 5.85. The molecule has 0 aliphatic heterocycles. The summed E-state index contributed by atoms with van der Waals surface area (Å²) in [6, 6.07) is 0. The molecule has 0 aromatic heterocycles. The average molecular weight is 136 g/mol. The minimum Gasteiger partial charge on any atom is -0.183 e. The molecule has 1 aliphatic rings. The van der Waals surface area contributed by atoms with E-state index in [9.17, 15) is 0 Å². The lowest BCUT2D eigenvalue weighted by Crippen LogP contribution is -1.93. The van der Waals surface area contributed by atoms with Gasteiger partial charge in [-0.3, -0.25) is 0 Å². The van der Waals surface area contributed by atoms with Crippen LogP contribution in [0.4, 0.5) is 0 Å². The lowest BCUT2D eigenvalue weighted by Gasteiger charge is -1.94. The Balaban J connectivity index is 2.44. The Hall–Kier alpha value is -0.840. The zero-order valence-corrected chi connectivity index (χ0v) is 6.14. The SMILES string of the molecule is N#CN=C1CCCCCC1. The van der Waals surface area contributed by atoms with Crippen LogP contribution in [-0.4, -0.2) is 5.71 Å². The van der Waals surface area contributed by atoms with Gasteiger partial charge in [-0.2, -0.15) is 10.3 Å². The predicted octanol–water partition coefficient (Wildman–Crippen LogP) is 2.26. The fourth-order valence-corrected chi connectivity index (χ4v) is 1.32. The summed E-state index contributed by atoms with van der Waals surface area (Å²) in [5.41, 5.74) is 1.11. The lowest BCUT2D eigenvalue weighted by molar-refractivity contribution is 0.702. The molecular weight excluding hydrogens is 124 g/mol. The monoisotopic (exact) mass is 136 g/mol. The van der Waals surface area contributed by atoms with E-state index < -0.39 is 0 Å². The van der Waals surface area contributed by atoms with E-state index in [0.717, 1.165) is 18.6 Å². The summed E-state index contributed by atoms with van der Waals surface area (Å²) in [4.78, 5) is 3.77. The normalized spacial score (nSPS) is 19.3. The minimum atomic E-state index is 1.05. The van der Waals surface area contributed by atoms with Gasteiger partial charge in [-0.1, -0.05) is 12.8 Å². The zero-order valence-electron chi connectivity index (χ0n) is 6.14. The van der Waals surface area contributed by atoms with Crippen molar-refractivity contribution < 1.29 is 0 Å². The molecule has 0 aromatic rings. The van der Waals surface area contributed by atoms with Gasteiger partial charge in [-0.05, 0) is 25.7 Å². The van der Waals surface area contributed by atoms with Gasteiger partial charge in [0.15, 0.2) is 0 Å². The number of hydrogen-bond donors (Lipinski definition) is 0. The highest BCUT2D eigenvalue weighted by atomic mass is 14.7. The first-order valence-corrected chi connectivity index (χ1v) is 3.88. The molecule has 54 valence electrons. The molecule has 10 heavy (non-hydrogen) atoms. The van der Waals surface area contributed by atoms with Crippen molar-refractivity contribution in [3.05, 3.63) is 0 Å². The van der Waals surface area contributed by atoms with Crippen LogP contribution >= 0.6 is 0 Å². The Kier molecular flexibility index (Phi) is 2.95. The van der Waals surface area contributed by atoms with Crippen LogP contribution in [0.15, 0.2) is 4.99 Å². The van der Waals surface area contributed by atoms with Gasteiger partial charge in [0, 0.05) is 5.71 Å². The van der Waals surface area contributed by atoms with Gasteiger partial charge in [0.1, 0.15) is 0 Å². The molecule has 0 N–H and O–H groups in total. The first-order valence-electron chi connectivity index (χ1n) is 3.88. The number of rotatable bonds is 0. The van der Waals surface area contributed by atoms with Crippen LogP contribution < -0.4 is 0 Å². The highest BCUT2D eigenvalue weighted by Gasteiger charge is 2.04. The van der Waals surface area contributed by atoms with Gasteiger partial charge < -0.3 is 0 Å². The molecule has 0 spiro atoms. The molecule has 0 aromatic carbocycles. The Bertz CT molecular complexity index is 155. The second kappa shape index (κ2) is 4.05. The minimum absolute atomic E-state index is 1.05. The number of hydrogen-bond acceptors (Lipinski definition) is 2. The summed E-state index contributed by atoms with van der Waals surface area (Å²) in [5.74, 6) is 0. The van der Waals surface area contributed by atoms with E-state index in [1.165, 1.54) is 25.7 Å². The van der Waals surface area contributed by atoms with Gasteiger partial charge in [-0.15, -0.1) is 0 Å². The average Bonchev–Trinajstić information content (AvgIpc) is 2.17. The molecule has 0 saturated heterocycles. The molecule has 0 atom stereocenters. The zero-order chi connectivity index (χ0) is 7.23. The van der Waals surface area contributed by atoms with E-state index in [4.69, 9.17) is 5.26 Å². The summed E-state index contributed by atoms with van der Waals surface area (Å²) in [6.07, 6.45) is 9.02. The van der Waals surface area contributed by atoms with E-state index in [0.29, 0.717) is 0 Å². The third kappa shape index (κ3) is 2.18. The molecule has 1 aliphatic carbocycles. The lowest BCUT2D eigenvalue weighted by atomic mass is 10.2. The first kappa shape index (κ1) is 7.27. The maximum atomic E-state index is 8.27. The van der Waals surface area contributed by atoms with Crippen molar-refractivity contribution >= 4 is 5.71 Å². The molecule has 1 saturated carbocycles. The van der Waals surface area contributed by atoms with Crippen molar-refractivity contribution in [1.82, 2.24) is 0 Å². The highest BCUT2D eigenvalue weighted by Crippen LogP contribution is 2.14. The van der Waals surface area contributed by atoms with Crippen LogP contribution in [0.5, 0.6) is 0 Å². The van der Waals surface area contributed by atoms with E-state index >= 15 is 0 Å². The molecule has 0 bridgehead atoms. The summed E-state index contributed by atoms with van der Waals surface area (Å²) in [6.45, 7) is 0. The van der Waals surface area contributed by atoms with E-state index in [1.54, 1.807) is 0 Å². The van der Waals surface area contributed by atoms with Gasteiger partial charge in [0.2, 0.25) is 6.19 Å². The maximum absolute atomic E-state index is 8.27. The van der Waals surface area contributed by atoms with E-state index in [1.807, 2.05) is 6.19 Å². The molecule has 0 amide bonds. The molecule has 1 rings (SSSR count). The van der Waals surface area contributed by atoms with Crippen LogP contribution in [0.3, 0.4) is 0 Å². The quantitative estimate of drug-likeness (QED) is 0.371. The van der Waals surface area contributed by atoms with Crippen molar-refractivity contribution in [2.45, 2.75) is 38.5 Å². The molecule has 0 heterocycles. The fourth-order valence-electron chi connectivity index (χ4n) is 1.32. The third-order valence-electron chi connectivity index (χ3n) is 1.89. The molecule has 2 nitrogen and oxygen atoms in total. The topological polar surface area (TPSA) is 36.1 Å². The van der Waals surface area contributed by atoms with Crippen molar-refractivity contribution in [1.29, 1.82) is 5.26 Å². The molecule has 1 fully saturated rings. The van der Waals surface area contributed by atoms with Crippen molar-refractivity contribution in [2.75, 3.05) is 0 Å².